The van der Waals surface area contributed by atoms with Gasteiger partial charge in [-0.2, -0.15) is 0 Å². The molecular formula is C14H13NO3. The van der Waals surface area contributed by atoms with E-state index in [1.165, 1.54) is 12.1 Å². The fourth-order valence-electron chi connectivity index (χ4n) is 1.64. The van der Waals surface area contributed by atoms with Gasteiger partial charge in [0.2, 0.25) is 0 Å². The summed E-state index contributed by atoms with van der Waals surface area (Å²) in [6, 6.07) is 15.9. The first-order chi connectivity index (χ1) is 8.66. The largest absolute Gasteiger partial charge is 0.486 e. The quantitative estimate of drug-likeness (QED) is 0.607. The Morgan fingerprint density at radius 2 is 1.67 bits per heavy atom. The van der Waals surface area contributed by atoms with Crippen LogP contribution in [0.25, 0.3) is 0 Å². The SMILES string of the molecule is CC(Oc1ccccc1)c1ccc([N+](=O)[O-])cc1. The number of ether oxygens (including phenoxy) is 1. The minimum atomic E-state index is -0.410. The Kier molecular flexibility index (Phi) is 3.57. The second-order valence-corrected chi connectivity index (χ2v) is 3.92. The van der Waals surface area contributed by atoms with Crippen LogP contribution in [0.5, 0.6) is 5.75 Å². The van der Waals surface area contributed by atoms with Crippen LogP contribution in [0.15, 0.2) is 54.6 Å². The highest BCUT2D eigenvalue weighted by atomic mass is 16.6. The van der Waals surface area contributed by atoms with Gasteiger partial charge in [-0.05, 0) is 36.8 Å². The van der Waals surface area contributed by atoms with Crippen LogP contribution in [0.3, 0.4) is 0 Å². The summed E-state index contributed by atoms with van der Waals surface area (Å²) in [5, 5.41) is 10.5. The van der Waals surface area contributed by atoms with Crippen molar-refractivity contribution in [3.05, 3.63) is 70.3 Å². The van der Waals surface area contributed by atoms with E-state index in [0.717, 1.165) is 11.3 Å². The van der Waals surface area contributed by atoms with E-state index in [1.54, 1.807) is 12.1 Å². The molecule has 0 bridgehead atoms. The molecule has 0 aliphatic heterocycles. The van der Waals surface area contributed by atoms with E-state index in [1.807, 2.05) is 37.3 Å². The van der Waals surface area contributed by atoms with E-state index in [0.29, 0.717) is 0 Å². The van der Waals surface area contributed by atoms with E-state index in [4.69, 9.17) is 4.74 Å². The molecule has 0 spiro atoms. The summed E-state index contributed by atoms with van der Waals surface area (Å²) >= 11 is 0. The molecule has 0 fully saturated rings. The average molecular weight is 243 g/mol. The Balaban J connectivity index is 2.09. The van der Waals surface area contributed by atoms with Crippen molar-refractivity contribution in [1.29, 1.82) is 0 Å². The first-order valence-corrected chi connectivity index (χ1v) is 5.63. The molecule has 4 heteroatoms. The van der Waals surface area contributed by atoms with E-state index >= 15 is 0 Å². The smallest absolute Gasteiger partial charge is 0.269 e. The molecule has 92 valence electrons. The molecule has 0 aliphatic rings. The molecule has 0 heterocycles. The molecule has 0 N–H and O–H groups in total. The van der Waals surface area contributed by atoms with Crippen LogP contribution >= 0.6 is 0 Å². The Morgan fingerprint density at radius 3 is 2.22 bits per heavy atom. The molecule has 1 unspecified atom stereocenters. The van der Waals surface area contributed by atoms with Gasteiger partial charge in [-0.25, -0.2) is 0 Å². The molecule has 2 rings (SSSR count). The summed E-state index contributed by atoms with van der Waals surface area (Å²) in [4.78, 5) is 10.1. The Labute approximate surface area is 105 Å². The van der Waals surface area contributed by atoms with Crippen molar-refractivity contribution in [2.75, 3.05) is 0 Å². The van der Waals surface area contributed by atoms with E-state index in [9.17, 15) is 10.1 Å². The normalized spacial score (nSPS) is 11.8. The Hall–Kier alpha value is -2.36. The van der Waals surface area contributed by atoms with Crippen LogP contribution in [0.1, 0.15) is 18.6 Å². The van der Waals surface area contributed by atoms with Crippen LogP contribution in [-0.2, 0) is 0 Å². The van der Waals surface area contributed by atoms with Gasteiger partial charge in [0.25, 0.3) is 5.69 Å². The summed E-state index contributed by atoms with van der Waals surface area (Å²) in [6.07, 6.45) is -0.145. The van der Waals surface area contributed by atoms with Crippen LogP contribution in [0.4, 0.5) is 5.69 Å². The van der Waals surface area contributed by atoms with Crippen molar-refractivity contribution < 1.29 is 9.66 Å². The van der Waals surface area contributed by atoms with Gasteiger partial charge >= 0.3 is 0 Å². The van der Waals surface area contributed by atoms with Gasteiger partial charge in [-0.1, -0.05) is 18.2 Å². The maximum Gasteiger partial charge on any atom is 0.269 e. The van der Waals surface area contributed by atoms with Gasteiger partial charge in [0, 0.05) is 12.1 Å². The zero-order chi connectivity index (χ0) is 13.0. The molecule has 0 amide bonds. The number of nitro groups is 1. The number of nitro benzene ring substituents is 1. The first kappa shape index (κ1) is 12.1. The van der Waals surface area contributed by atoms with E-state index in [2.05, 4.69) is 0 Å². The Bertz CT molecular complexity index is 522. The van der Waals surface area contributed by atoms with Crippen molar-refractivity contribution >= 4 is 5.69 Å². The number of hydrogen-bond acceptors (Lipinski definition) is 3. The van der Waals surface area contributed by atoms with Gasteiger partial charge in [0.15, 0.2) is 0 Å². The molecule has 4 nitrogen and oxygen atoms in total. The zero-order valence-corrected chi connectivity index (χ0v) is 9.95. The monoisotopic (exact) mass is 243 g/mol. The lowest BCUT2D eigenvalue weighted by Crippen LogP contribution is -2.02. The highest BCUT2D eigenvalue weighted by Gasteiger charge is 2.10. The molecule has 0 radical (unpaired) electrons. The maximum absolute atomic E-state index is 10.5. The number of benzene rings is 2. The standard InChI is InChI=1S/C14H13NO3/c1-11(18-14-5-3-2-4-6-14)12-7-9-13(10-8-12)15(16)17/h2-11H,1H3. The minimum Gasteiger partial charge on any atom is -0.486 e. The summed E-state index contributed by atoms with van der Waals surface area (Å²) in [5.74, 6) is 0.781. The lowest BCUT2D eigenvalue weighted by molar-refractivity contribution is -0.384. The average Bonchev–Trinajstić information content (AvgIpc) is 2.40. The third-order valence-corrected chi connectivity index (χ3v) is 2.63. The summed E-state index contributed by atoms with van der Waals surface area (Å²) in [7, 11) is 0. The summed E-state index contributed by atoms with van der Waals surface area (Å²) < 4.78 is 5.73. The fraction of sp³-hybridized carbons (Fsp3) is 0.143. The lowest BCUT2D eigenvalue weighted by Gasteiger charge is -2.14. The predicted octanol–water partition coefficient (Wildman–Crippen LogP) is 3.73. The number of non-ortho nitro benzene ring substituents is 1. The van der Waals surface area contributed by atoms with E-state index < -0.39 is 4.92 Å². The zero-order valence-electron chi connectivity index (χ0n) is 9.95. The van der Waals surface area contributed by atoms with Gasteiger partial charge < -0.3 is 4.74 Å². The highest BCUT2D eigenvalue weighted by Crippen LogP contribution is 2.23. The third-order valence-electron chi connectivity index (χ3n) is 2.63. The van der Waals surface area contributed by atoms with Gasteiger partial charge in [0.05, 0.1) is 4.92 Å². The second kappa shape index (κ2) is 5.31. The van der Waals surface area contributed by atoms with Crippen molar-refractivity contribution in [3.8, 4) is 5.75 Å². The predicted molar refractivity (Wildman–Crippen MR) is 68.6 cm³/mol. The molecule has 2 aromatic carbocycles. The number of hydrogen-bond donors (Lipinski definition) is 0. The Morgan fingerprint density at radius 1 is 1.06 bits per heavy atom. The molecule has 0 aliphatic carbocycles. The first-order valence-electron chi connectivity index (χ1n) is 5.63. The highest BCUT2D eigenvalue weighted by molar-refractivity contribution is 5.34. The molecule has 18 heavy (non-hydrogen) atoms. The van der Waals surface area contributed by atoms with Crippen molar-refractivity contribution in [2.24, 2.45) is 0 Å². The molecule has 0 aromatic heterocycles. The molecule has 1 atom stereocenters. The summed E-state index contributed by atoms with van der Waals surface area (Å²) in [5.41, 5.74) is 0.995. The van der Waals surface area contributed by atoms with Gasteiger partial charge in [0.1, 0.15) is 11.9 Å². The topological polar surface area (TPSA) is 52.4 Å². The van der Waals surface area contributed by atoms with Crippen LogP contribution in [0.2, 0.25) is 0 Å². The number of rotatable bonds is 4. The van der Waals surface area contributed by atoms with Crippen LogP contribution < -0.4 is 4.74 Å². The van der Waals surface area contributed by atoms with Crippen molar-refractivity contribution in [3.63, 3.8) is 0 Å². The molecule has 2 aromatic rings. The minimum absolute atomic E-state index is 0.0886. The van der Waals surface area contributed by atoms with E-state index in [-0.39, 0.29) is 11.8 Å². The molecule has 0 saturated carbocycles. The lowest BCUT2D eigenvalue weighted by atomic mass is 10.1. The van der Waals surface area contributed by atoms with Crippen molar-refractivity contribution in [2.45, 2.75) is 13.0 Å². The number of para-hydroxylation sites is 1. The van der Waals surface area contributed by atoms with Gasteiger partial charge in [-0.3, -0.25) is 10.1 Å². The summed E-state index contributed by atoms with van der Waals surface area (Å²) in [6.45, 7) is 1.91. The van der Waals surface area contributed by atoms with Crippen LogP contribution in [-0.4, -0.2) is 4.92 Å². The maximum atomic E-state index is 10.5. The fourth-order valence-corrected chi connectivity index (χ4v) is 1.64. The van der Waals surface area contributed by atoms with Gasteiger partial charge in [-0.15, -0.1) is 0 Å². The molecule has 0 saturated heterocycles. The second-order valence-electron chi connectivity index (χ2n) is 3.92. The van der Waals surface area contributed by atoms with Crippen LogP contribution in [0, 0.1) is 10.1 Å². The molecular weight excluding hydrogens is 230 g/mol. The number of nitrogens with zero attached hydrogens (tertiary/aromatic N) is 1. The third kappa shape index (κ3) is 2.85. The van der Waals surface area contributed by atoms with Crippen molar-refractivity contribution in [1.82, 2.24) is 0 Å².